The van der Waals surface area contributed by atoms with E-state index in [4.69, 9.17) is 5.11 Å². The van der Waals surface area contributed by atoms with E-state index in [0.29, 0.717) is 0 Å². The molecular weight excluding hydrogens is 278 g/mol. The number of urea groups is 1. The predicted octanol–water partition coefficient (Wildman–Crippen LogP) is -1.72. The molecule has 10 heteroatoms. The zero-order valence-corrected chi connectivity index (χ0v) is 11.9. The number of ether oxygens (including phenoxy) is 1. The van der Waals surface area contributed by atoms with Crippen molar-refractivity contribution in [1.29, 1.82) is 0 Å². The molecule has 0 spiro atoms. The average molecular weight is 297 g/mol. The van der Waals surface area contributed by atoms with Gasteiger partial charge in [0.15, 0.2) is 6.10 Å². The van der Waals surface area contributed by atoms with Crippen LogP contribution >= 0.6 is 0 Å². The summed E-state index contributed by atoms with van der Waals surface area (Å²) in [7, 11) is 0.628. The number of nitrogens with zero attached hydrogens (tertiary/aromatic N) is 1. The van der Waals surface area contributed by atoms with Gasteiger partial charge in [-0.05, 0) is 0 Å². The minimum Gasteiger partial charge on any atom is -0.479 e. The topological polar surface area (TPSA) is 125 Å². The number of hydrogen-bond donors (Lipinski definition) is 3. The van der Waals surface area contributed by atoms with Crippen molar-refractivity contribution in [2.45, 2.75) is 6.10 Å². The quantitative estimate of drug-likeness (QED) is 0.489. The van der Waals surface area contributed by atoms with E-state index in [2.05, 4.69) is 15.4 Å². The maximum absolute atomic E-state index is 11.4. The Labute approximate surface area is 112 Å². The molecule has 0 rings (SSSR count). The zero-order valence-electron chi connectivity index (χ0n) is 11.0. The Morgan fingerprint density at radius 2 is 1.89 bits per heavy atom. The maximum Gasteiger partial charge on any atom is 0.334 e. The molecule has 0 bridgehead atoms. The van der Waals surface area contributed by atoms with Gasteiger partial charge >= 0.3 is 12.0 Å². The molecule has 0 aromatic heterocycles. The van der Waals surface area contributed by atoms with Gasteiger partial charge in [0.25, 0.3) is 0 Å². The molecule has 0 radical (unpaired) electrons. The lowest BCUT2D eigenvalue weighted by Crippen LogP contribution is -2.44. The van der Waals surface area contributed by atoms with E-state index in [1.807, 2.05) is 0 Å². The zero-order chi connectivity index (χ0) is 15.1. The first-order valence-electron chi connectivity index (χ1n) is 5.38. The van der Waals surface area contributed by atoms with Crippen molar-refractivity contribution in [1.82, 2.24) is 14.9 Å². The van der Waals surface area contributed by atoms with Crippen molar-refractivity contribution in [3.63, 3.8) is 0 Å². The molecule has 2 amide bonds. The summed E-state index contributed by atoms with van der Waals surface area (Å²) in [5, 5.41) is 13.2. The van der Waals surface area contributed by atoms with Crippen LogP contribution < -0.4 is 10.6 Å². The Balaban J connectivity index is 3.98. The van der Waals surface area contributed by atoms with Crippen molar-refractivity contribution in [2.75, 3.05) is 40.0 Å². The first-order chi connectivity index (χ1) is 8.70. The molecule has 9 nitrogen and oxygen atoms in total. The van der Waals surface area contributed by atoms with Gasteiger partial charge in [0, 0.05) is 27.7 Å². The summed E-state index contributed by atoms with van der Waals surface area (Å²) < 4.78 is 28.4. The van der Waals surface area contributed by atoms with E-state index >= 15 is 0 Å². The largest absolute Gasteiger partial charge is 0.479 e. The highest BCUT2D eigenvalue weighted by atomic mass is 32.2. The molecule has 0 saturated heterocycles. The van der Waals surface area contributed by atoms with Crippen LogP contribution in [0.5, 0.6) is 0 Å². The minimum absolute atomic E-state index is 0.0724. The fraction of sp³-hybridized carbons (Fsp3) is 0.778. The number of carbonyl (C=O) groups excluding carboxylic acids is 1. The van der Waals surface area contributed by atoms with Crippen molar-refractivity contribution < 1.29 is 27.9 Å². The molecule has 0 heterocycles. The van der Waals surface area contributed by atoms with Gasteiger partial charge in [0.05, 0.1) is 12.3 Å². The summed E-state index contributed by atoms with van der Waals surface area (Å²) >= 11 is 0. The lowest BCUT2D eigenvalue weighted by Gasteiger charge is -2.13. The molecule has 0 aliphatic rings. The van der Waals surface area contributed by atoms with Gasteiger partial charge in [0.1, 0.15) is 0 Å². The Kier molecular flexibility index (Phi) is 7.34. The third-order valence-corrected chi connectivity index (χ3v) is 4.04. The third-order valence-electron chi connectivity index (χ3n) is 2.21. The predicted molar refractivity (Wildman–Crippen MR) is 67.3 cm³/mol. The van der Waals surface area contributed by atoms with Gasteiger partial charge in [-0.25, -0.2) is 22.3 Å². The molecule has 0 fully saturated rings. The van der Waals surface area contributed by atoms with Crippen molar-refractivity contribution in [3.8, 4) is 0 Å². The SMILES string of the molecule is COC(CNC(=O)NCCS(=O)(=O)N(C)C)C(=O)O. The lowest BCUT2D eigenvalue weighted by molar-refractivity contribution is -0.147. The van der Waals surface area contributed by atoms with Crippen LogP contribution in [-0.2, 0) is 19.6 Å². The molecular formula is C9H19N3O6S. The summed E-state index contributed by atoms with van der Waals surface area (Å²) in [6.07, 6.45) is -1.14. The van der Waals surface area contributed by atoms with E-state index in [1.165, 1.54) is 21.2 Å². The van der Waals surface area contributed by atoms with Crippen molar-refractivity contribution >= 4 is 22.0 Å². The fourth-order valence-corrected chi connectivity index (χ4v) is 1.72. The summed E-state index contributed by atoms with van der Waals surface area (Å²) in [5.41, 5.74) is 0. The highest BCUT2D eigenvalue weighted by molar-refractivity contribution is 7.89. The van der Waals surface area contributed by atoms with Crippen LogP contribution in [0.3, 0.4) is 0 Å². The van der Waals surface area contributed by atoms with E-state index in [1.54, 1.807) is 0 Å². The Morgan fingerprint density at radius 1 is 1.32 bits per heavy atom. The molecule has 0 aliphatic carbocycles. The van der Waals surface area contributed by atoms with Gasteiger partial charge in [0.2, 0.25) is 10.0 Å². The Bertz CT molecular complexity index is 408. The second-order valence-electron chi connectivity index (χ2n) is 3.80. The number of methoxy groups -OCH3 is 1. The van der Waals surface area contributed by atoms with Gasteiger partial charge < -0.3 is 20.5 Å². The average Bonchev–Trinajstić information content (AvgIpc) is 2.28. The third kappa shape index (κ3) is 6.94. The second-order valence-corrected chi connectivity index (χ2v) is 6.10. The second kappa shape index (κ2) is 7.92. The molecule has 3 N–H and O–H groups in total. The smallest absolute Gasteiger partial charge is 0.334 e. The van der Waals surface area contributed by atoms with E-state index < -0.39 is 28.1 Å². The lowest BCUT2D eigenvalue weighted by atomic mass is 10.3. The number of carboxylic acid groups (broad SMARTS) is 1. The van der Waals surface area contributed by atoms with Crippen molar-refractivity contribution in [2.24, 2.45) is 0 Å². The number of sulfonamides is 1. The highest BCUT2D eigenvalue weighted by Gasteiger charge is 2.17. The summed E-state index contributed by atoms with van der Waals surface area (Å²) in [5.74, 6) is -1.43. The van der Waals surface area contributed by atoms with Crippen LogP contribution in [0.1, 0.15) is 0 Å². The minimum atomic E-state index is -3.37. The number of aliphatic carboxylic acids is 1. The van der Waals surface area contributed by atoms with Crippen LogP contribution in [0, 0.1) is 0 Å². The molecule has 0 aromatic rings. The molecule has 0 aliphatic heterocycles. The molecule has 1 atom stereocenters. The van der Waals surface area contributed by atoms with Gasteiger partial charge in [-0.3, -0.25) is 0 Å². The molecule has 0 saturated carbocycles. The summed E-state index contributed by atoms with van der Waals surface area (Å²) in [4.78, 5) is 21.8. The fourth-order valence-electron chi connectivity index (χ4n) is 0.995. The van der Waals surface area contributed by atoms with Crippen LogP contribution in [-0.4, -0.2) is 76.0 Å². The van der Waals surface area contributed by atoms with E-state index in [9.17, 15) is 18.0 Å². The molecule has 112 valence electrons. The number of nitrogens with one attached hydrogen (secondary N) is 2. The summed E-state index contributed by atoms with van der Waals surface area (Å²) in [6, 6.07) is -0.655. The molecule has 1 unspecified atom stereocenters. The maximum atomic E-state index is 11.4. The first kappa shape index (κ1) is 17.6. The molecule has 0 aromatic carbocycles. The van der Waals surface area contributed by atoms with E-state index in [0.717, 1.165) is 4.31 Å². The van der Waals surface area contributed by atoms with Crippen LogP contribution in [0.2, 0.25) is 0 Å². The normalized spacial score (nSPS) is 13.1. The summed E-state index contributed by atoms with van der Waals surface area (Å²) in [6.45, 7) is -0.283. The van der Waals surface area contributed by atoms with Crippen molar-refractivity contribution in [3.05, 3.63) is 0 Å². The number of amides is 2. The number of carboxylic acids is 1. The monoisotopic (exact) mass is 297 g/mol. The number of hydrogen-bond acceptors (Lipinski definition) is 5. The van der Waals surface area contributed by atoms with E-state index in [-0.39, 0.29) is 18.8 Å². The standard InChI is InChI=1S/C9H19N3O6S/c1-12(2)19(16,17)5-4-10-9(15)11-6-7(18-3)8(13)14/h7H,4-6H2,1-3H3,(H,13,14)(H2,10,11,15). The Hall–Kier alpha value is -1.39. The molecule has 19 heavy (non-hydrogen) atoms. The Morgan fingerprint density at radius 3 is 2.32 bits per heavy atom. The van der Waals surface area contributed by atoms with Crippen LogP contribution in [0.4, 0.5) is 4.79 Å². The van der Waals surface area contributed by atoms with Gasteiger partial charge in [-0.15, -0.1) is 0 Å². The highest BCUT2D eigenvalue weighted by Crippen LogP contribution is 1.92. The van der Waals surface area contributed by atoms with Gasteiger partial charge in [-0.2, -0.15) is 0 Å². The van der Waals surface area contributed by atoms with Crippen LogP contribution in [0.25, 0.3) is 0 Å². The number of rotatable bonds is 8. The first-order valence-corrected chi connectivity index (χ1v) is 6.99. The van der Waals surface area contributed by atoms with Gasteiger partial charge in [-0.1, -0.05) is 0 Å². The van der Waals surface area contributed by atoms with Crippen LogP contribution in [0.15, 0.2) is 0 Å². The number of carbonyl (C=O) groups is 2.